The minimum absolute atomic E-state index is 0.0856. The summed E-state index contributed by atoms with van der Waals surface area (Å²) < 4.78 is 32.6. The van der Waals surface area contributed by atoms with Gasteiger partial charge in [-0.1, -0.05) is 41.4 Å². The lowest BCUT2D eigenvalue weighted by atomic mass is 10.3. The number of carbonyl (C=O) groups is 1. The van der Waals surface area contributed by atoms with Crippen molar-refractivity contribution in [2.24, 2.45) is 0 Å². The van der Waals surface area contributed by atoms with E-state index in [4.69, 9.17) is 27.9 Å². The van der Waals surface area contributed by atoms with E-state index in [1.165, 1.54) is 22.5 Å². The summed E-state index contributed by atoms with van der Waals surface area (Å²) in [5, 5.41) is 0.479. The predicted octanol–water partition coefficient (Wildman–Crippen LogP) is 3.29. The molecular weight excluding hydrogens is 423 g/mol. The van der Waals surface area contributed by atoms with Gasteiger partial charge in [0.05, 0.1) is 14.9 Å². The molecule has 0 radical (unpaired) electrons. The number of ether oxygens (including phenoxy) is 1. The van der Waals surface area contributed by atoms with Crippen molar-refractivity contribution in [3.8, 4) is 5.75 Å². The monoisotopic (exact) mass is 442 g/mol. The number of sulfonamides is 1. The van der Waals surface area contributed by atoms with Crippen LogP contribution in [-0.2, 0) is 14.8 Å². The van der Waals surface area contributed by atoms with E-state index in [2.05, 4.69) is 0 Å². The van der Waals surface area contributed by atoms with Gasteiger partial charge >= 0.3 is 0 Å². The molecule has 3 rings (SSSR count). The van der Waals surface area contributed by atoms with Crippen LogP contribution in [0.25, 0.3) is 0 Å². The van der Waals surface area contributed by atoms with Crippen molar-refractivity contribution in [1.82, 2.24) is 9.21 Å². The first kappa shape index (κ1) is 20.9. The third-order valence-corrected chi connectivity index (χ3v) is 7.12. The molecule has 0 aliphatic carbocycles. The van der Waals surface area contributed by atoms with Gasteiger partial charge in [0.15, 0.2) is 6.10 Å². The van der Waals surface area contributed by atoms with Crippen LogP contribution < -0.4 is 4.74 Å². The number of nitrogens with zero attached hydrogens (tertiary/aromatic N) is 2. The molecule has 1 unspecified atom stereocenters. The highest BCUT2D eigenvalue weighted by Crippen LogP contribution is 2.27. The molecule has 1 heterocycles. The minimum atomic E-state index is -3.70. The summed E-state index contributed by atoms with van der Waals surface area (Å²) in [7, 11) is -3.70. The van der Waals surface area contributed by atoms with Gasteiger partial charge in [0, 0.05) is 26.2 Å². The Kier molecular flexibility index (Phi) is 6.50. The number of benzene rings is 2. The van der Waals surface area contributed by atoms with E-state index < -0.39 is 16.1 Å². The molecule has 0 spiro atoms. The van der Waals surface area contributed by atoms with Crippen molar-refractivity contribution < 1.29 is 17.9 Å². The standard InChI is InChI=1S/C19H20Cl2N2O4S/c1-14(27-15-5-3-2-4-6-15)19(24)22-9-11-23(12-10-22)28(25,26)16-7-8-17(20)18(21)13-16/h2-8,13-14H,9-12H2,1H3. The fourth-order valence-electron chi connectivity index (χ4n) is 2.95. The zero-order valence-electron chi connectivity index (χ0n) is 15.2. The predicted molar refractivity (Wildman–Crippen MR) is 108 cm³/mol. The normalized spacial score (nSPS) is 16.6. The Balaban J connectivity index is 1.61. The van der Waals surface area contributed by atoms with E-state index >= 15 is 0 Å². The maximum absolute atomic E-state index is 12.8. The molecule has 150 valence electrons. The smallest absolute Gasteiger partial charge is 0.263 e. The molecule has 2 aromatic rings. The van der Waals surface area contributed by atoms with Gasteiger partial charge in [-0.15, -0.1) is 0 Å². The van der Waals surface area contributed by atoms with Gasteiger partial charge in [0.1, 0.15) is 5.75 Å². The molecule has 0 bridgehead atoms. The van der Waals surface area contributed by atoms with Crippen molar-refractivity contribution in [2.45, 2.75) is 17.9 Å². The van der Waals surface area contributed by atoms with Crippen LogP contribution in [0.1, 0.15) is 6.92 Å². The van der Waals surface area contributed by atoms with Crippen molar-refractivity contribution in [3.05, 3.63) is 58.6 Å². The number of halogens is 2. The van der Waals surface area contributed by atoms with Gasteiger partial charge < -0.3 is 9.64 Å². The van der Waals surface area contributed by atoms with Crippen molar-refractivity contribution in [3.63, 3.8) is 0 Å². The fourth-order valence-corrected chi connectivity index (χ4v) is 4.76. The summed E-state index contributed by atoms with van der Waals surface area (Å²) >= 11 is 11.8. The second-order valence-electron chi connectivity index (χ2n) is 6.38. The average molecular weight is 443 g/mol. The highest BCUT2D eigenvalue weighted by Gasteiger charge is 2.32. The Morgan fingerprint density at radius 3 is 2.25 bits per heavy atom. The Bertz CT molecular complexity index is 946. The van der Waals surface area contributed by atoms with E-state index in [0.717, 1.165) is 0 Å². The molecule has 1 aliphatic heterocycles. The van der Waals surface area contributed by atoms with Gasteiger partial charge in [-0.25, -0.2) is 8.42 Å². The second kappa shape index (κ2) is 8.69. The quantitative estimate of drug-likeness (QED) is 0.712. The highest BCUT2D eigenvalue weighted by molar-refractivity contribution is 7.89. The van der Waals surface area contributed by atoms with Crippen molar-refractivity contribution >= 4 is 39.1 Å². The van der Waals surface area contributed by atoms with Crippen LogP contribution in [-0.4, -0.2) is 55.8 Å². The zero-order valence-corrected chi connectivity index (χ0v) is 17.5. The SMILES string of the molecule is CC(Oc1ccccc1)C(=O)N1CCN(S(=O)(=O)c2ccc(Cl)c(Cl)c2)CC1. The van der Waals surface area contributed by atoms with E-state index in [9.17, 15) is 13.2 Å². The van der Waals surface area contributed by atoms with Crippen LogP contribution in [0.2, 0.25) is 10.0 Å². The zero-order chi connectivity index (χ0) is 20.3. The molecule has 1 atom stereocenters. The molecule has 6 nitrogen and oxygen atoms in total. The maximum Gasteiger partial charge on any atom is 0.263 e. The average Bonchev–Trinajstić information content (AvgIpc) is 2.70. The molecular formula is C19H20Cl2N2O4S. The minimum Gasteiger partial charge on any atom is -0.481 e. The van der Waals surface area contributed by atoms with E-state index in [1.807, 2.05) is 18.2 Å². The molecule has 0 aromatic heterocycles. The van der Waals surface area contributed by atoms with E-state index in [1.54, 1.807) is 24.0 Å². The van der Waals surface area contributed by atoms with Crippen molar-refractivity contribution in [1.29, 1.82) is 0 Å². The number of rotatable bonds is 5. The first-order chi connectivity index (χ1) is 13.3. The van der Waals surface area contributed by atoms with E-state index in [-0.39, 0.29) is 28.9 Å². The van der Waals surface area contributed by atoms with Gasteiger partial charge in [-0.05, 0) is 37.3 Å². The van der Waals surface area contributed by atoms with Crippen LogP contribution in [0.5, 0.6) is 5.75 Å². The molecule has 1 amide bonds. The summed E-state index contributed by atoms with van der Waals surface area (Å²) in [4.78, 5) is 14.3. The Labute approximate surface area is 174 Å². The Morgan fingerprint density at radius 2 is 1.64 bits per heavy atom. The third kappa shape index (κ3) is 4.60. The van der Waals surface area contributed by atoms with Crippen LogP contribution in [0.3, 0.4) is 0 Å². The largest absolute Gasteiger partial charge is 0.481 e. The summed E-state index contributed by atoms with van der Waals surface area (Å²) in [6, 6.07) is 13.3. The summed E-state index contributed by atoms with van der Waals surface area (Å²) in [6.45, 7) is 2.68. The maximum atomic E-state index is 12.8. The summed E-state index contributed by atoms with van der Waals surface area (Å²) in [5.41, 5.74) is 0. The topological polar surface area (TPSA) is 66.9 Å². The number of amides is 1. The lowest BCUT2D eigenvalue weighted by molar-refractivity contribution is -0.139. The molecule has 0 saturated carbocycles. The number of piperazine rings is 1. The summed E-state index contributed by atoms with van der Waals surface area (Å²) in [5.74, 6) is 0.444. The van der Waals surface area contributed by atoms with Crippen LogP contribution >= 0.6 is 23.2 Å². The van der Waals surface area contributed by atoms with Crippen LogP contribution in [0.4, 0.5) is 0 Å². The molecule has 0 N–H and O–H groups in total. The molecule has 9 heteroatoms. The number of hydrogen-bond acceptors (Lipinski definition) is 4. The highest BCUT2D eigenvalue weighted by atomic mass is 35.5. The molecule has 1 aliphatic rings. The fraction of sp³-hybridized carbons (Fsp3) is 0.316. The van der Waals surface area contributed by atoms with Gasteiger partial charge in [-0.3, -0.25) is 4.79 Å². The first-order valence-electron chi connectivity index (χ1n) is 8.75. The first-order valence-corrected chi connectivity index (χ1v) is 10.9. The molecule has 1 saturated heterocycles. The number of carbonyl (C=O) groups excluding carboxylic acids is 1. The third-order valence-electron chi connectivity index (χ3n) is 4.48. The number of hydrogen-bond donors (Lipinski definition) is 0. The number of para-hydroxylation sites is 1. The van der Waals surface area contributed by atoms with Crippen molar-refractivity contribution in [2.75, 3.05) is 26.2 Å². The second-order valence-corrected chi connectivity index (χ2v) is 9.13. The van der Waals surface area contributed by atoms with Crippen LogP contribution in [0.15, 0.2) is 53.4 Å². The van der Waals surface area contributed by atoms with Gasteiger partial charge in [0.2, 0.25) is 10.0 Å². The summed E-state index contributed by atoms with van der Waals surface area (Å²) in [6.07, 6.45) is -0.652. The Morgan fingerprint density at radius 1 is 1.00 bits per heavy atom. The lowest BCUT2D eigenvalue weighted by Gasteiger charge is -2.35. The molecule has 28 heavy (non-hydrogen) atoms. The Hall–Kier alpha value is -1.80. The molecule has 2 aromatic carbocycles. The lowest BCUT2D eigenvalue weighted by Crippen LogP contribution is -2.53. The van der Waals surface area contributed by atoms with Gasteiger partial charge in [-0.2, -0.15) is 4.31 Å². The van der Waals surface area contributed by atoms with Crippen LogP contribution in [0, 0.1) is 0 Å². The van der Waals surface area contributed by atoms with Gasteiger partial charge in [0.25, 0.3) is 5.91 Å². The van der Waals surface area contributed by atoms with E-state index in [0.29, 0.717) is 23.9 Å². The molecule has 1 fully saturated rings.